The van der Waals surface area contributed by atoms with E-state index in [9.17, 15) is 14.0 Å². The lowest BCUT2D eigenvalue weighted by atomic mass is 10.0. The van der Waals surface area contributed by atoms with Crippen LogP contribution in [0.25, 0.3) is 22.0 Å². The van der Waals surface area contributed by atoms with Gasteiger partial charge in [-0.25, -0.2) is 9.18 Å². The van der Waals surface area contributed by atoms with Crippen LogP contribution in [-0.2, 0) is 11.3 Å². The van der Waals surface area contributed by atoms with Crippen LogP contribution in [0.3, 0.4) is 0 Å². The highest BCUT2D eigenvalue weighted by molar-refractivity contribution is 7.99. The summed E-state index contributed by atoms with van der Waals surface area (Å²) in [6.07, 6.45) is 0. The number of H-pyrrole nitrogens is 1. The number of thioether (sulfide) groups is 1. The van der Waals surface area contributed by atoms with E-state index in [4.69, 9.17) is 16.3 Å². The molecule has 1 aliphatic heterocycles. The van der Waals surface area contributed by atoms with E-state index in [0.29, 0.717) is 44.2 Å². The molecule has 1 aliphatic rings. The standard InChI is InChI=1S/C19H16ClFN2O3S/c1-19(26-2)8-23-15-12(17(24)22-18(23)25)7-13(20)14(16(15)27-9-19)10-3-5-11(21)6-4-10/h3-7H,8-9H2,1-2H3,(H,22,24,25)/t19-/m0/s1. The van der Waals surface area contributed by atoms with Crippen molar-refractivity contribution in [2.24, 2.45) is 0 Å². The Morgan fingerprint density at radius 1 is 1.30 bits per heavy atom. The number of rotatable bonds is 2. The van der Waals surface area contributed by atoms with Gasteiger partial charge in [0, 0.05) is 23.3 Å². The number of nitrogens with one attached hydrogen (secondary N) is 1. The average molecular weight is 407 g/mol. The maximum atomic E-state index is 13.4. The van der Waals surface area contributed by atoms with E-state index in [1.807, 2.05) is 6.92 Å². The molecule has 2 heterocycles. The molecular weight excluding hydrogens is 391 g/mol. The van der Waals surface area contributed by atoms with Crippen molar-refractivity contribution in [3.8, 4) is 11.1 Å². The molecule has 1 N–H and O–H groups in total. The van der Waals surface area contributed by atoms with Gasteiger partial charge in [-0.3, -0.25) is 14.3 Å². The topological polar surface area (TPSA) is 64.1 Å². The number of methoxy groups -OCH3 is 1. The molecule has 0 radical (unpaired) electrons. The Morgan fingerprint density at radius 3 is 2.67 bits per heavy atom. The molecule has 8 heteroatoms. The first-order valence-electron chi connectivity index (χ1n) is 8.26. The minimum atomic E-state index is -0.606. The predicted octanol–water partition coefficient (Wildman–Crippen LogP) is 3.66. The Kier molecular flexibility index (Phi) is 4.41. The SMILES string of the molecule is CO[C@]1(C)CSc2c(-c3ccc(F)cc3)c(Cl)cc3c(=O)[nH]c(=O)n(c23)C1. The van der Waals surface area contributed by atoms with Crippen LogP contribution in [0.5, 0.6) is 0 Å². The first-order valence-corrected chi connectivity index (χ1v) is 9.62. The lowest BCUT2D eigenvalue weighted by molar-refractivity contribution is 0.0129. The molecule has 0 saturated heterocycles. The van der Waals surface area contributed by atoms with Crippen molar-refractivity contribution >= 4 is 34.3 Å². The number of hydrogen-bond acceptors (Lipinski definition) is 4. The molecule has 5 nitrogen and oxygen atoms in total. The van der Waals surface area contributed by atoms with Gasteiger partial charge in [0.2, 0.25) is 0 Å². The number of benzene rings is 2. The van der Waals surface area contributed by atoms with Gasteiger partial charge in [-0.2, -0.15) is 0 Å². The van der Waals surface area contributed by atoms with Crippen molar-refractivity contribution in [1.82, 2.24) is 9.55 Å². The van der Waals surface area contributed by atoms with Gasteiger partial charge in [0.15, 0.2) is 0 Å². The predicted molar refractivity (Wildman–Crippen MR) is 105 cm³/mol. The third-order valence-electron chi connectivity index (χ3n) is 4.83. The highest BCUT2D eigenvalue weighted by atomic mass is 35.5. The van der Waals surface area contributed by atoms with Gasteiger partial charge in [-0.05, 0) is 30.7 Å². The third-order valence-corrected chi connectivity index (χ3v) is 6.57. The van der Waals surface area contributed by atoms with Crippen LogP contribution in [0, 0.1) is 5.82 Å². The summed E-state index contributed by atoms with van der Waals surface area (Å²) in [4.78, 5) is 28.1. The summed E-state index contributed by atoms with van der Waals surface area (Å²) < 4.78 is 20.6. The molecular formula is C19H16ClFN2O3S. The van der Waals surface area contributed by atoms with Crippen molar-refractivity contribution in [2.75, 3.05) is 12.9 Å². The minimum Gasteiger partial charge on any atom is -0.376 e. The van der Waals surface area contributed by atoms with Crippen LogP contribution in [0.1, 0.15) is 6.92 Å². The number of halogens is 2. The van der Waals surface area contributed by atoms with E-state index in [2.05, 4.69) is 4.98 Å². The lowest BCUT2D eigenvalue weighted by Crippen LogP contribution is -2.40. The zero-order valence-corrected chi connectivity index (χ0v) is 16.2. The Labute approximate surface area is 163 Å². The minimum absolute atomic E-state index is 0.292. The highest BCUT2D eigenvalue weighted by Crippen LogP contribution is 2.44. The second-order valence-electron chi connectivity index (χ2n) is 6.75. The number of nitrogens with zero attached hydrogens (tertiary/aromatic N) is 1. The maximum Gasteiger partial charge on any atom is 0.328 e. The fourth-order valence-electron chi connectivity index (χ4n) is 3.30. The Bertz CT molecular complexity index is 1170. The van der Waals surface area contributed by atoms with Crippen LogP contribution in [0.15, 0.2) is 44.8 Å². The van der Waals surface area contributed by atoms with Crippen LogP contribution in [-0.4, -0.2) is 28.0 Å². The fourth-order valence-corrected chi connectivity index (χ4v) is 5.05. The smallest absolute Gasteiger partial charge is 0.328 e. The summed E-state index contributed by atoms with van der Waals surface area (Å²) in [5, 5.41) is 0.710. The summed E-state index contributed by atoms with van der Waals surface area (Å²) in [7, 11) is 1.60. The molecule has 1 aromatic heterocycles. The fraction of sp³-hybridized carbons (Fsp3) is 0.263. The van der Waals surface area contributed by atoms with E-state index in [1.165, 1.54) is 28.5 Å². The Morgan fingerprint density at radius 2 is 2.00 bits per heavy atom. The molecule has 0 amide bonds. The maximum absolute atomic E-state index is 13.4. The molecule has 0 fully saturated rings. The highest BCUT2D eigenvalue weighted by Gasteiger charge is 2.32. The van der Waals surface area contributed by atoms with E-state index >= 15 is 0 Å². The van der Waals surface area contributed by atoms with Crippen molar-refractivity contribution in [1.29, 1.82) is 0 Å². The quantitative estimate of drug-likeness (QED) is 0.705. The third kappa shape index (κ3) is 2.99. The van der Waals surface area contributed by atoms with E-state index in [1.54, 1.807) is 25.3 Å². The zero-order valence-electron chi connectivity index (χ0n) is 14.6. The van der Waals surface area contributed by atoms with Crippen molar-refractivity contribution < 1.29 is 9.13 Å². The first-order chi connectivity index (χ1) is 12.8. The number of ether oxygens (including phenoxy) is 1. The molecule has 0 spiro atoms. The molecule has 0 aliphatic carbocycles. The van der Waals surface area contributed by atoms with Gasteiger partial charge in [0.25, 0.3) is 5.56 Å². The molecule has 27 heavy (non-hydrogen) atoms. The lowest BCUT2D eigenvalue weighted by Gasteiger charge is -2.26. The summed E-state index contributed by atoms with van der Waals surface area (Å²) in [6.45, 7) is 2.20. The van der Waals surface area contributed by atoms with Gasteiger partial charge < -0.3 is 4.74 Å². The van der Waals surface area contributed by atoms with Crippen molar-refractivity contribution in [3.63, 3.8) is 0 Å². The second-order valence-corrected chi connectivity index (χ2v) is 8.15. The molecule has 2 aromatic carbocycles. The van der Waals surface area contributed by atoms with Crippen LogP contribution < -0.4 is 11.2 Å². The van der Waals surface area contributed by atoms with Gasteiger partial charge in [0.1, 0.15) is 5.82 Å². The van der Waals surface area contributed by atoms with Crippen molar-refractivity contribution in [2.45, 2.75) is 24.0 Å². The van der Waals surface area contributed by atoms with E-state index < -0.39 is 16.9 Å². The van der Waals surface area contributed by atoms with Gasteiger partial charge in [-0.15, -0.1) is 11.8 Å². The van der Waals surface area contributed by atoms with Crippen LogP contribution in [0.4, 0.5) is 4.39 Å². The molecule has 0 saturated carbocycles. The zero-order chi connectivity index (χ0) is 19.3. The summed E-state index contributed by atoms with van der Waals surface area (Å²) in [6, 6.07) is 7.54. The van der Waals surface area contributed by atoms with Crippen molar-refractivity contribution in [3.05, 3.63) is 62.0 Å². The molecule has 0 unspecified atom stereocenters. The van der Waals surface area contributed by atoms with Gasteiger partial charge >= 0.3 is 5.69 Å². The molecule has 3 aromatic rings. The second kappa shape index (κ2) is 6.51. The van der Waals surface area contributed by atoms with E-state index in [-0.39, 0.29) is 5.82 Å². The average Bonchev–Trinajstić information content (AvgIpc) is 2.79. The molecule has 1 atom stereocenters. The normalized spacial score (nSPS) is 19.3. The largest absolute Gasteiger partial charge is 0.376 e. The summed E-state index contributed by atoms with van der Waals surface area (Å²) in [5.41, 5.74) is 0.330. The number of aromatic nitrogens is 2. The van der Waals surface area contributed by atoms with E-state index in [0.717, 1.165) is 0 Å². The Hall–Kier alpha value is -2.09. The Balaban J connectivity index is 2.13. The summed E-state index contributed by atoms with van der Waals surface area (Å²) in [5.74, 6) is 0.206. The van der Waals surface area contributed by atoms with Crippen LogP contribution >= 0.6 is 23.4 Å². The molecule has 4 rings (SSSR count). The van der Waals surface area contributed by atoms with Crippen LogP contribution in [0.2, 0.25) is 5.02 Å². The number of hydrogen-bond donors (Lipinski definition) is 1. The molecule has 140 valence electrons. The summed E-state index contributed by atoms with van der Waals surface area (Å²) >= 11 is 8.00. The first kappa shape index (κ1) is 18.3. The van der Waals surface area contributed by atoms with Gasteiger partial charge in [-0.1, -0.05) is 23.7 Å². The molecule has 0 bridgehead atoms. The number of aromatic amines is 1. The van der Waals surface area contributed by atoms with Gasteiger partial charge in [0.05, 0.1) is 28.1 Å². The monoisotopic (exact) mass is 406 g/mol.